The van der Waals surface area contributed by atoms with E-state index in [9.17, 15) is 26.3 Å². The van der Waals surface area contributed by atoms with E-state index in [1.807, 2.05) is 0 Å². The van der Waals surface area contributed by atoms with Gasteiger partial charge in [-0.15, -0.1) is 0 Å². The molecule has 2 atom stereocenters. The third-order valence-corrected chi connectivity index (χ3v) is 1.87. The van der Waals surface area contributed by atoms with Crippen LogP contribution in [0.15, 0.2) is 0 Å². The van der Waals surface area contributed by atoms with Crippen molar-refractivity contribution in [2.45, 2.75) is 23.1 Å². The summed E-state index contributed by atoms with van der Waals surface area (Å²) in [5, 5.41) is 0. The maximum atomic E-state index is 12.3. The largest absolute Gasteiger partial charge is 0.369 e. The first-order valence-electron chi connectivity index (χ1n) is 3.49. The van der Waals surface area contributed by atoms with Crippen LogP contribution in [0.2, 0.25) is 0 Å². The first kappa shape index (κ1) is 15.1. The van der Waals surface area contributed by atoms with Gasteiger partial charge in [0.25, 0.3) is 0 Å². The zero-order chi connectivity index (χ0) is 12.3. The molecule has 0 radical (unpaired) electrons. The molecule has 0 aromatic carbocycles. The van der Waals surface area contributed by atoms with Crippen molar-refractivity contribution in [3.05, 3.63) is 0 Å². The Kier molecular flexibility index (Phi) is 5.49. The lowest BCUT2D eigenvalue weighted by molar-refractivity contribution is -0.151. The quantitative estimate of drug-likeness (QED) is 0.535. The second-order valence-electron chi connectivity index (χ2n) is 2.62. The third-order valence-electron chi connectivity index (χ3n) is 1.23. The summed E-state index contributed by atoms with van der Waals surface area (Å²) in [5.74, 6) is -8.23. The maximum Gasteiger partial charge on any atom is 0.315 e. The summed E-state index contributed by atoms with van der Waals surface area (Å²) >= 11 is 8.80. The van der Waals surface area contributed by atoms with E-state index in [0.29, 0.717) is 0 Å². The highest BCUT2D eigenvalue weighted by molar-refractivity contribution is 6.20. The van der Waals surface area contributed by atoms with Gasteiger partial charge in [0.2, 0.25) is 11.3 Å². The van der Waals surface area contributed by atoms with Crippen LogP contribution in [0.25, 0.3) is 0 Å². The number of halogens is 8. The maximum absolute atomic E-state index is 12.3. The fraction of sp³-hybridized carbons (Fsp3) is 1.00. The van der Waals surface area contributed by atoms with Gasteiger partial charge in [-0.2, -0.15) is 17.6 Å². The smallest absolute Gasteiger partial charge is 0.315 e. The highest BCUT2D eigenvalue weighted by Gasteiger charge is 2.43. The summed E-state index contributed by atoms with van der Waals surface area (Å²) in [6.45, 7) is -3.37. The number of rotatable bonds is 6. The zero-order valence-corrected chi connectivity index (χ0v) is 8.51. The molecule has 0 spiro atoms. The normalized spacial score (nSPS) is 17.6. The van der Waals surface area contributed by atoms with Crippen LogP contribution >= 0.6 is 23.2 Å². The van der Waals surface area contributed by atoms with E-state index in [0.717, 1.165) is 0 Å². The van der Waals surface area contributed by atoms with Crippen LogP contribution in [0.5, 0.6) is 0 Å². The number of alkyl halides is 8. The standard InChI is InChI=1S/C6H6Cl2F6O/c7-3(9)5(11,12)1-15-2-6(13,14)4(8)10/h3-4H,1-2H2. The lowest BCUT2D eigenvalue weighted by atomic mass is 10.4. The van der Waals surface area contributed by atoms with Gasteiger partial charge in [-0.1, -0.05) is 23.2 Å². The van der Waals surface area contributed by atoms with Crippen LogP contribution in [0, 0.1) is 0 Å². The Labute approximate surface area is 91.3 Å². The van der Waals surface area contributed by atoms with Crippen molar-refractivity contribution >= 4 is 23.2 Å². The average Bonchev–Trinajstić information content (AvgIpc) is 2.02. The monoisotopic (exact) mass is 278 g/mol. The minimum Gasteiger partial charge on any atom is -0.369 e. The molecule has 0 aromatic rings. The van der Waals surface area contributed by atoms with Crippen molar-refractivity contribution in [1.82, 2.24) is 0 Å². The molecule has 92 valence electrons. The first-order chi connectivity index (χ1) is 6.59. The third kappa shape index (κ3) is 5.12. The lowest BCUT2D eigenvalue weighted by Gasteiger charge is -2.19. The van der Waals surface area contributed by atoms with Crippen LogP contribution in [-0.2, 0) is 4.74 Å². The van der Waals surface area contributed by atoms with E-state index >= 15 is 0 Å². The molecule has 0 rings (SSSR count). The molecular weight excluding hydrogens is 273 g/mol. The molecule has 0 amide bonds. The Morgan fingerprint density at radius 3 is 1.33 bits per heavy atom. The van der Waals surface area contributed by atoms with E-state index in [2.05, 4.69) is 27.9 Å². The zero-order valence-electron chi connectivity index (χ0n) is 7.00. The number of ether oxygens (including phenoxy) is 1. The molecule has 0 saturated carbocycles. The van der Waals surface area contributed by atoms with Crippen molar-refractivity contribution < 1.29 is 31.1 Å². The van der Waals surface area contributed by atoms with Gasteiger partial charge < -0.3 is 4.74 Å². The van der Waals surface area contributed by atoms with Gasteiger partial charge in [-0.05, 0) is 0 Å². The predicted octanol–water partition coefficient (Wildman–Crippen LogP) is 3.34. The van der Waals surface area contributed by atoms with Crippen LogP contribution in [0.3, 0.4) is 0 Å². The van der Waals surface area contributed by atoms with Crippen molar-refractivity contribution in [2.75, 3.05) is 13.2 Å². The molecule has 0 aliphatic rings. The van der Waals surface area contributed by atoms with Crippen molar-refractivity contribution in [1.29, 1.82) is 0 Å². The molecule has 0 aliphatic heterocycles. The summed E-state index contributed by atoms with van der Waals surface area (Å²) < 4.78 is 76.8. The number of hydrogen-bond acceptors (Lipinski definition) is 1. The van der Waals surface area contributed by atoms with Crippen molar-refractivity contribution in [3.63, 3.8) is 0 Å². The van der Waals surface area contributed by atoms with Gasteiger partial charge in [0.15, 0.2) is 0 Å². The Balaban J connectivity index is 4.00. The molecule has 15 heavy (non-hydrogen) atoms. The fourth-order valence-corrected chi connectivity index (χ4v) is 0.575. The van der Waals surface area contributed by atoms with Crippen LogP contribution < -0.4 is 0 Å². The summed E-state index contributed by atoms with van der Waals surface area (Å²) in [6.07, 6.45) is 0. The van der Waals surface area contributed by atoms with Crippen molar-refractivity contribution in [2.24, 2.45) is 0 Å². The molecular formula is C6H6Cl2F6O. The van der Waals surface area contributed by atoms with Crippen LogP contribution in [0.1, 0.15) is 0 Å². The molecule has 0 heterocycles. The molecule has 2 unspecified atom stereocenters. The van der Waals surface area contributed by atoms with Gasteiger partial charge in [0.05, 0.1) is 0 Å². The molecule has 1 nitrogen and oxygen atoms in total. The topological polar surface area (TPSA) is 9.23 Å². The molecule has 0 aromatic heterocycles. The van der Waals surface area contributed by atoms with Gasteiger partial charge in [-0.25, -0.2) is 8.78 Å². The fourth-order valence-electron chi connectivity index (χ4n) is 0.449. The van der Waals surface area contributed by atoms with Crippen LogP contribution in [0.4, 0.5) is 26.3 Å². The molecule has 0 bridgehead atoms. The van der Waals surface area contributed by atoms with Gasteiger partial charge >= 0.3 is 11.8 Å². The summed E-state index contributed by atoms with van der Waals surface area (Å²) in [5.41, 5.74) is -6.13. The predicted molar refractivity (Wildman–Crippen MR) is 42.2 cm³/mol. The summed E-state index contributed by atoms with van der Waals surface area (Å²) in [7, 11) is 0. The van der Waals surface area contributed by atoms with E-state index in [1.165, 1.54) is 0 Å². The first-order valence-corrected chi connectivity index (χ1v) is 4.36. The average molecular weight is 279 g/mol. The summed E-state index contributed by atoms with van der Waals surface area (Å²) in [4.78, 5) is 0. The molecule has 0 saturated heterocycles. The highest BCUT2D eigenvalue weighted by atomic mass is 35.5. The number of hydrogen-bond donors (Lipinski definition) is 0. The van der Waals surface area contributed by atoms with Gasteiger partial charge in [-0.3, -0.25) is 0 Å². The Bertz CT molecular complexity index is 178. The minimum absolute atomic E-state index is 1.68. The molecule has 0 N–H and O–H groups in total. The van der Waals surface area contributed by atoms with Crippen molar-refractivity contribution in [3.8, 4) is 0 Å². The van der Waals surface area contributed by atoms with E-state index in [1.54, 1.807) is 0 Å². The molecule has 9 heteroatoms. The molecule has 0 fully saturated rings. The Morgan fingerprint density at radius 2 is 1.13 bits per heavy atom. The Morgan fingerprint density at radius 1 is 0.867 bits per heavy atom. The highest BCUT2D eigenvalue weighted by Crippen LogP contribution is 2.28. The van der Waals surface area contributed by atoms with E-state index in [4.69, 9.17) is 0 Å². The SMILES string of the molecule is FC(Cl)C(F)(F)COCC(F)(F)C(F)Cl. The van der Waals surface area contributed by atoms with E-state index < -0.39 is 36.3 Å². The van der Waals surface area contributed by atoms with Gasteiger partial charge in [0, 0.05) is 0 Å². The van der Waals surface area contributed by atoms with Gasteiger partial charge in [0.1, 0.15) is 13.2 Å². The second-order valence-corrected chi connectivity index (χ2v) is 3.38. The lowest BCUT2D eigenvalue weighted by Crippen LogP contribution is -2.37. The minimum atomic E-state index is -4.12. The van der Waals surface area contributed by atoms with Crippen LogP contribution in [-0.4, -0.2) is 36.3 Å². The second kappa shape index (κ2) is 5.45. The molecule has 0 aliphatic carbocycles. The summed E-state index contributed by atoms with van der Waals surface area (Å²) in [6, 6.07) is 0. The van der Waals surface area contributed by atoms with E-state index in [-0.39, 0.29) is 0 Å². The Hall–Kier alpha value is 0.120.